The van der Waals surface area contributed by atoms with E-state index in [0.29, 0.717) is 54.5 Å². The number of nitrogens with zero attached hydrogens (tertiary/aromatic N) is 2. The van der Waals surface area contributed by atoms with Crippen LogP contribution in [0.3, 0.4) is 0 Å². The molecular weight excluding hydrogens is 611 g/mol. The molecule has 1 aliphatic heterocycles. The van der Waals surface area contributed by atoms with Gasteiger partial charge in [0.2, 0.25) is 0 Å². The van der Waals surface area contributed by atoms with Gasteiger partial charge in [0.05, 0.1) is 36.6 Å². The summed E-state index contributed by atoms with van der Waals surface area (Å²) in [4.78, 5) is 32.0. The summed E-state index contributed by atoms with van der Waals surface area (Å²) in [6, 6.07) is 17.1. The molecule has 43 heavy (non-hydrogen) atoms. The van der Waals surface area contributed by atoms with E-state index in [1.54, 1.807) is 37.3 Å². The molecule has 1 aliphatic rings. The number of thiazole rings is 1. The van der Waals surface area contributed by atoms with Gasteiger partial charge >= 0.3 is 5.97 Å². The SMILES string of the molecule is CCOc1cc(/C=c2\sc3n(c2=O)[C@H](c2cc(Cl)ccc2OC)C(C(=O)OC)=C(C)N=3)ccc1OCc1ccccc1Cl. The fourth-order valence-corrected chi connectivity index (χ4v) is 6.25. The fourth-order valence-electron chi connectivity index (χ4n) is 4.83. The van der Waals surface area contributed by atoms with E-state index in [-0.39, 0.29) is 17.7 Å². The number of hydrogen-bond acceptors (Lipinski definition) is 8. The normalized spacial score (nSPS) is 14.7. The van der Waals surface area contributed by atoms with Crippen LogP contribution in [0.4, 0.5) is 0 Å². The largest absolute Gasteiger partial charge is 0.496 e. The smallest absolute Gasteiger partial charge is 0.338 e. The van der Waals surface area contributed by atoms with Gasteiger partial charge < -0.3 is 18.9 Å². The first-order valence-corrected chi connectivity index (χ1v) is 14.9. The molecular formula is C32H28Cl2N2O6S. The van der Waals surface area contributed by atoms with Crippen molar-refractivity contribution < 1.29 is 23.7 Å². The average molecular weight is 640 g/mol. The number of aromatic nitrogens is 1. The van der Waals surface area contributed by atoms with E-state index in [0.717, 1.165) is 11.1 Å². The van der Waals surface area contributed by atoms with Crippen LogP contribution in [0.1, 0.15) is 36.6 Å². The van der Waals surface area contributed by atoms with E-state index in [1.807, 2.05) is 43.3 Å². The summed E-state index contributed by atoms with van der Waals surface area (Å²) < 4.78 is 24.5. The minimum absolute atomic E-state index is 0.223. The average Bonchev–Trinajstić information content (AvgIpc) is 3.30. The molecule has 0 N–H and O–H groups in total. The zero-order valence-corrected chi connectivity index (χ0v) is 26.2. The van der Waals surface area contributed by atoms with Gasteiger partial charge in [-0.1, -0.05) is 58.8 Å². The molecule has 4 aromatic rings. The molecule has 222 valence electrons. The number of benzene rings is 3. The first-order valence-electron chi connectivity index (χ1n) is 13.3. The van der Waals surface area contributed by atoms with Crippen molar-refractivity contribution in [2.45, 2.75) is 26.5 Å². The number of esters is 1. The van der Waals surface area contributed by atoms with Crippen LogP contribution in [-0.2, 0) is 16.1 Å². The molecule has 0 saturated carbocycles. The lowest BCUT2D eigenvalue weighted by Crippen LogP contribution is -2.40. The molecule has 0 fully saturated rings. The maximum Gasteiger partial charge on any atom is 0.338 e. The zero-order chi connectivity index (χ0) is 30.7. The molecule has 2 heterocycles. The Kier molecular flexibility index (Phi) is 9.25. The molecule has 0 aliphatic carbocycles. The van der Waals surface area contributed by atoms with Gasteiger partial charge in [-0.05, 0) is 61.9 Å². The highest BCUT2D eigenvalue weighted by molar-refractivity contribution is 7.07. The van der Waals surface area contributed by atoms with E-state index in [4.69, 9.17) is 42.1 Å². The van der Waals surface area contributed by atoms with E-state index in [2.05, 4.69) is 4.99 Å². The number of methoxy groups -OCH3 is 2. The van der Waals surface area contributed by atoms with Crippen LogP contribution >= 0.6 is 34.5 Å². The molecule has 11 heteroatoms. The van der Waals surface area contributed by atoms with Crippen LogP contribution in [-0.4, -0.2) is 31.4 Å². The van der Waals surface area contributed by atoms with Crippen molar-refractivity contribution in [2.75, 3.05) is 20.8 Å². The number of halogens is 2. The summed E-state index contributed by atoms with van der Waals surface area (Å²) in [5.74, 6) is 0.943. The van der Waals surface area contributed by atoms with Crippen molar-refractivity contribution in [1.82, 2.24) is 4.57 Å². The number of rotatable bonds is 9. The predicted molar refractivity (Wildman–Crippen MR) is 167 cm³/mol. The second-order valence-electron chi connectivity index (χ2n) is 9.48. The van der Waals surface area contributed by atoms with E-state index < -0.39 is 12.0 Å². The third kappa shape index (κ3) is 6.20. The Hall–Kier alpha value is -4.05. The van der Waals surface area contributed by atoms with E-state index in [1.165, 1.54) is 30.1 Å². The number of carbonyl (C=O) groups excluding carboxylic acids is 1. The minimum atomic E-state index is -0.862. The predicted octanol–water partition coefficient (Wildman–Crippen LogP) is 5.70. The van der Waals surface area contributed by atoms with Crippen LogP contribution in [0.25, 0.3) is 6.08 Å². The van der Waals surface area contributed by atoms with E-state index in [9.17, 15) is 9.59 Å². The van der Waals surface area contributed by atoms with Crippen LogP contribution in [0, 0.1) is 0 Å². The maximum absolute atomic E-state index is 14.0. The molecule has 8 nitrogen and oxygen atoms in total. The third-order valence-electron chi connectivity index (χ3n) is 6.82. The van der Waals surface area contributed by atoms with Crippen molar-refractivity contribution in [3.8, 4) is 17.2 Å². The Labute approximate surface area is 262 Å². The molecule has 1 aromatic heterocycles. The maximum atomic E-state index is 14.0. The molecule has 0 amide bonds. The highest BCUT2D eigenvalue weighted by Gasteiger charge is 2.35. The van der Waals surface area contributed by atoms with Crippen LogP contribution in [0.15, 0.2) is 81.7 Å². The topological polar surface area (TPSA) is 88.4 Å². The van der Waals surface area contributed by atoms with Crippen molar-refractivity contribution in [2.24, 2.45) is 4.99 Å². The van der Waals surface area contributed by atoms with Crippen molar-refractivity contribution in [3.63, 3.8) is 0 Å². The van der Waals surface area contributed by atoms with Gasteiger partial charge in [0.25, 0.3) is 5.56 Å². The summed E-state index contributed by atoms with van der Waals surface area (Å²) in [6.07, 6.45) is 1.76. The van der Waals surface area contributed by atoms with Crippen molar-refractivity contribution in [3.05, 3.63) is 118 Å². The first kappa shape index (κ1) is 30.4. The lowest BCUT2D eigenvalue weighted by molar-refractivity contribution is -0.136. The zero-order valence-electron chi connectivity index (χ0n) is 23.9. The van der Waals surface area contributed by atoms with Crippen molar-refractivity contribution >= 4 is 46.6 Å². The highest BCUT2D eigenvalue weighted by atomic mass is 35.5. The highest BCUT2D eigenvalue weighted by Crippen LogP contribution is 2.37. The Balaban J connectivity index is 1.60. The number of carbonyl (C=O) groups is 1. The summed E-state index contributed by atoms with van der Waals surface area (Å²) >= 11 is 13.9. The van der Waals surface area contributed by atoms with Gasteiger partial charge in [-0.2, -0.15) is 0 Å². The minimum Gasteiger partial charge on any atom is -0.496 e. The van der Waals surface area contributed by atoms with E-state index >= 15 is 0 Å². The number of fused-ring (bicyclic) bond motifs is 1. The summed E-state index contributed by atoms with van der Waals surface area (Å²) in [7, 11) is 2.81. The Bertz CT molecular complexity index is 1910. The molecule has 0 bridgehead atoms. The third-order valence-corrected chi connectivity index (χ3v) is 8.41. The number of allylic oxidation sites excluding steroid dienone is 1. The number of hydrogen-bond donors (Lipinski definition) is 0. The summed E-state index contributed by atoms with van der Waals surface area (Å²) in [6.45, 7) is 4.29. The standard InChI is InChI=1S/C32H28Cl2N2O6S/c1-5-41-26-14-19(10-12-25(26)42-17-20-8-6-7-9-23(20)34)15-27-30(37)36-29(22-16-21(33)11-13-24(22)39-3)28(31(38)40-4)18(2)35-32(36)43-27/h6-16,29H,5,17H2,1-4H3/b27-15-/t29-/m1/s1. The molecule has 0 unspecified atom stereocenters. The van der Waals surface area contributed by atoms with Gasteiger partial charge in [0, 0.05) is 21.2 Å². The molecule has 1 atom stereocenters. The molecule has 0 spiro atoms. The molecule has 5 rings (SSSR count). The van der Waals surface area contributed by atoms with Crippen LogP contribution in [0.5, 0.6) is 17.2 Å². The Morgan fingerprint density at radius 2 is 1.79 bits per heavy atom. The van der Waals surface area contributed by atoms with Gasteiger partial charge in [0.15, 0.2) is 16.3 Å². The first-order chi connectivity index (χ1) is 20.7. The molecule has 0 radical (unpaired) electrons. The lowest BCUT2D eigenvalue weighted by atomic mass is 9.95. The Morgan fingerprint density at radius 1 is 1.02 bits per heavy atom. The van der Waals surface area contributed by atoms with Gasteiger partial charge in [-0.25, -0.2) is 9.79 Å². The fraction of sp³-hybridized carbons (Fsp3) is 0.219. The monoisotopic (exact) mass is 638 g/mol. The summed E-state index contributed by atoms with van der Waals surface area (Å²) in [5, 5.41) is 1.05. The van der Waals surface area contributed by atoms with Crippen LogP contribution < -0.4 is 29.1 Å². The molecule has 0 saturated heterocycles. The van der Waals surface area contributed by atoms with Gasteiger partial charge in [-0.3, -0.25) is 9.36 Å². The summed E-state index contributed by atoms with van der Waals surface area (Å²) in [5.41, 5.74) is 2.44. The molecule has 3 aromatic carbocycles. The van der Waals surface area contributed by atoms with Crippen molar-refractivity contribution in [1.29, 1.82) is 0 Å². The van der Waals surface area contributed by atoms with Gasteiger partial charge in [0.1, 0.15) is 18.4 Å². The Morgan fingerprint density at radius 3 is 2.51 bits per heavy atom. The lowest BCUT2D eigenvalue weighted by Gasteiger charge is -2.25. The quantitative estimate of drug-likeness (QED) is 0.219. The number of ether oxygens (including phenoxy) is 4. The second kappa shape index (κ2) is 13.1. The van der Waals surface area contributed by atoms with Gasteiger partial charge in [-0.15, -0.1) is 0 Å². The second-order valence-corrected chi connectivity index (χ2v) is 11.3. The van der Waals surface area contributed by atoms with Crippen LogP contribution in [0.2, 0.25) is 10.0 Å².